The molecule has 0 saturated carbocycles. The minimum absolute atomic E-state index is 0.245. The molecule has 1 N–H and O–H groups in total. The normalized spacial score (nSPS) is 11.0. The van der Waals surface area contributed by atoms with Crippen molar-refractivity contribution in [2.45, 2.75) is 26.4 Å². The Bertz CT molecular complexity index is 554. The van der Waals surface area contributed by atoms with Crippen LogP contribution in [0.2, 0.25) is 0 Å². The molecule has 0 radical (unpaired) electrons. The minimum atomic E-state index is -0.357. The smallest absolute Gasteiger partial charge is 0.165 e. The molecule has 1 aromatic carbocycles. The number of methoxy groups -OCH3 is 1. The van der Waals surface area contributed by atoms with E-state index in [1.807, 2.05) is 5.38 Å². The molecule has 0 saturated heterocycles. The van der Waals surface area contributed by atoms with Crippen LogP contribution in [0.4, 0.5) is 4.39 Å². The SMILES string of the molecule is COc1cc(-c2nc(CNC(C)C)cs2)ccc1F. The van der Waals surface area contributed by atoms with Gasteiger partial charge in [0.25, 0.3) is 0 Å². The first-order valence-corrected chi connectivity index (χ1v) is 7.00. The van der Waals surface area contributed by atoms with Crippen LogP contribution in [0.25, 0.3) is 10.6 Å². The van der Waals surface area contributed by atoms with Crippen molar-refractivity contribution in [2.75, 3.05) is 7.11 Å². The lowest BCUT2D eigenvalue weighted by molar-refractivity contribution is 0.387. The van der Waals surface area contributed by atoms with Crippen LogP contribution < -0.4 is 10.1 Å². The van der Waals surface area contributed by atoms with E-state index in [9.17, 15) is 4.39 Å². The predicted molar refractivity (Wildman–Crippen MR) is 76.0 cm³/mol. The molecule has 0 atom stereocenters. The van der Waals surface area contributed by atoms with Crippen molar-refractivity contribution >= 4 is 11.3 Å². The standard InChI is InChI=1S/C14H17FN2OS/c1-9(2)16-7-11-8-19-14(17-11)10-4-5-12(15)13(6-10)18-3/h4-6,8-9,16H,7H2,1-3H3. The van der Waals surface area contributed by atoms with Gasteiger partial charge >= 0.3 is 0 Å². The summed E-state index contributed by atoms with van der Waals surface area (Å²) in [7, 11) is 1.46. The molecule has 1 heterocycles. The van der Waals surface area contributed by atoms with E-state index >= 15 is 0 Å². The number of thiazole rings is 1. The van der Waals surface area contributed by atoms with Gasteiger partial charge in [0, 0.05) is 23.5 Å². The number of nitrogens with one attached hydrogen (secondary N) is 1. The topological polar surface area (TPSA) is 34.1 Å². The van der Waals surface area contributed by atoms with E-state index in [0.717, 1.165) is 22.8 Å². The summed E-state index contributed by atoms with van der Waals surface area (Å²) >= 11 is 1.55. The number of hydrogen-bond donors (Lipinski definition) is 1. The maximum Gasteiger partial charge on any atom is 0.165 e. The highest BCUT2D eigenvalue weighted by atomic mass is 32.1. The predicted octanol–water partition coefficient (Wildman–Crippen LogP) is 3.46. The first-order chi connectivity index (χ1) is 9.10. The molecule has 0 bridgehead atoms. The lowest BCUT2D eigenvalue weighted by Gasteiger charge is -2.05. The number of halogens is 1. The summed E-state index contributed by atoms with van der Waals surface area (Å²) in [4.78, 5) is 4.54. The Hall–Kier alpha value is -1.46. The molecule has 2 aromatic rings. The highest BCUT2D eigenvalue weighted by Gasteiger charge is 2.09. The average molecular weight is 280 g/mol. The summed E-state index contributed by atoms with van der Waals surface area (Å²) in [6, 6.07) is 5.22. The Balaban J connectivity index is 2.18. The zero-order chi connectivity index (χ0) is 13.8. The van der Waals surface area contributed by atoms with Crippen LogP contribution >= 0.6 is 11.3 Å². The second-order valence-corrected chi connectivity index (χ2v) is 5.39. The summed E-state index contributed by atoms with van der Waals surface area (Å²) < 4.78 is 18.3. The summed E-state index contributed by atoms with van der Waals surface area (Å²) in [5.74, 6) is -0.112. The van der Waals surface area contributed by atoms with E-state index in [0.29, 0.717) is 6.04 Å². The number of hydrogen-bond acceptors (Lipinski definition) is 4. The molecule has 2 rings (SSSR count). The Morgan fingerprint density at radius 1 is 1.42 bits per heavy atom. The van der Waals surface area contributed by atoms with Crippen LogP contribution in [0.1, 0.15) is 19.5 Å². The summed E-state index contributed by atoms with van der Waals surface area (Å²) in [5, 5.41) is 6.21. The summed E-state index contributed by atoms with van der Waals surface area (Å²) in [6.07, 6.45) is 0. The molecule has 0 aliphatic rings. The van der Waals surface area contributed by atoms with Crippen molar-refractivity contribution in [3.63, 3.8) is 0 Å². The summed E-state index contributed by atoms with van der Waals surface area (Å²) in [5.41, 5.74) is 1.87. The molecule has 0 amide bonds. The van der Waals surface area contributed by atoms with Gasteiger partial charge in [0.1, 0.15) is 5.01 Å². The van der Waals surface area contributed by atoms with E-state index < -0.39 is 0 Å². The molecule has 0 unspecified atom stereocenters. The van der Waals surface area contributed by atoms with Gasteiger partial charge in [-0.05, 0) is 18.2 Å². The lowest BCUT2D eigenvalue weighted by Crippen LogP contribution is -2.21. The maximum atomic E-state index is 13.3. The monoisotopic (exact) mass is 280 g/mol. The quantitative estimate of drug-likeness (QED) is 0.910. The van der Waals surface area contributed by atoms with Gasteiger partial charge in [-0.25, -0.2) is 9.37 Å². The van der Waals surface area contributed by atoms with E-state index in [-0.39, 0.29) is 11.6 Å². The minimum Gasteiger partial charge on any atom is -0.494 e. The molecule has 19 heavy (non-hydrogen) atoms. The molecule has 0 aliphatic carbocycles. The largest absolute Gasteiger partial charge is 0.494 e. The second kappa shape index (κ2) is 6.12. The van der Waals surface area contributed by atoms with Gasteiger partial charge in [-0.2, -0.15) is 0 Å². The second-order valence-electron chi connectivity index (χ2n) is 4.53. The highest BCUT2D eigenvalue weighted by Crippen LogP contribution is 2.28. The number of aromatic nitrogens is 1. The van der Waals surface area contributed by atoms with Crippen molar-refractivity contribution in [2.24, 2.45) is 0 Å². The van der Waals surface area contributed by atoms with Gasteiger partial charge in [-0.15, -0.1) is 11.3 Å². The van der Waals surface area contributed by atoms with E-state index in [4.69, 9.17) is 4.74 Å². The summed E-state index contributed by atoms with van der Waals surface area (Å²) in [6.45, 7) is 4.93. The van der Waals surface area contributed by atoms with Crippen molar-refractivity contribution < 1.29 is 9.13 Å². The van der Waals surface area contributed by atoms with Gasteiger partial charge in [0.2, 0.25) is 0 Å². The third kappa shape index (κ3) is 3.52. The molecule has 1 aromatic heterocycles. The molecule has 5 heteroatoms. The van der Waals surface area contributed by atoms with Gasteiger partial charge in [-0.1, -0.05) is 13.8 Å². The van der Waals surface area contributed by atoms with Crippen LogP contribution in [-0.2, 0) is 6.54 Å². The van der Waals surface area contributed by atoms with Crippen LogP contribution in [0.15, 0.2) is 23.6 Å². The van der Waals surface area contributed by atoms with Crippen LogP contribution in [0.3, 0.4) is 0 Å². The molecule has 0 aliphatic heterocycles. The van der Waals surface area contributed by atoms with Gasteiger partial charge < -0.3 is 10.1 Å². The van der Waals surface area contributed by atoms with Gasteiger partial charge in [0.05, 0.1) is 12.8 Å². The van der Waals surface area contributed by atoms with Gasteiger partial charge in [-0.3, -0.25) is 0 Å². The highest BCUT2D eigenvalue weighted by molar-refractivity contribution is 7.13. The van der Waals surface area contributed by atoms with Crippen molar-refractivity contribution in [1.29, 1.82) is 0 Å². The lowest BCUT2D eigenvalue weighted by atomic mass is 10.2. The van der Waals surface area contributed by atoms with E-state index in [1.54, 1.807) is 23.5 Å². The van der Waals surface area contributed by atoms with Crippen LogP contribution in [-0.4, -0.2) is 18.1 Å². The van der Waals surface area contributed by atoms with Crippen molar-refractivity contribution in [3.05, 3.63) is 35.1 Å². The van der Waals surface area contributed by atoms with Crippen LogP contribution in [0, 0.1) is 5.82 Å². The Morgan fingerprint density at radius 2 is 2.21 bits per heavy atom. The fourth-order valence-corrected chi connectivity index (χ4v) is 2.44. The first kappa shape index (κ1) is 14.0. The van der Waals surface area contributed by atoms with Crippen molar-refractivity contribution in [3.8, 4) is 16.3 Å². The molecule has 0 fully saturated rings. The molecular formula is C14H17FN2OS. The zero-order valence-electron chi connectivity index (χ0n) is 11.2. The fourth-order valence-electron chi connectivity index (χ4n) is 1.62. The zero-order valence-corrected chi connectivity index (χ0v) is 12.1. The molecule has 102 valence electrons. The van der Waals surface area contributed by atoms with Crippen molar-refractivity contribution in [1.82, 2.24) is 10.3 Å². The number of rotatable bonds is 5. The Labute approximate surface area is 116 Å². The number of nitrogens with zero attached hydrogens (tertiary/aromatic N) is 1. The fraction of sp³-hybridized carbons (Fsp3) is 0.357. The molecule has 3 nitrogen and oxygen atoms in total. The van der Waals surface area contributed by atoms with E-state index in [1.165, 1.54) is 13.2 Å². The number of ether oxygens (including phenoxy) is 1. The average Bonchev–Trinajstić information content (AvgIpc) is 2.86. The molecular weight excluding hydrogens is 263 g/mol. The third-order valence-corrected chi connectivity index (χ3v) is 3.58. The molecule has 0 spiro atoms. The maximum absolute atomic E-state index is 13.3. The Kier molecular flexibility index (Phi) is 4.50. The van der Waals surface area contributed by atoms with Gasteiger partial charge in [0.15, 0.2) is 11.6 Å². The Morgan fingerprint density at radius 3 is 2.89 bits per heavy atom. The third-order valence-electron chi connectivity index (χ3n) is 2.64. The van der Waals surface area contributed by atoms with E-state index in [2.05, 4.69) is 24.1 Å². The van der Waals surface area contributed by atoms with Crippen LogP contribution in [0.5, 0.6) is 5.75 Å². The number of benzene rings is 1. The first-order valence-electron chi connectivity index (χ1n) is 6.12.